The smallest absolute Gasteiger partial charge is 0.189 e. The van der Waals surface area contributed by atoms with Gasteiger partial charge in [-0.2, -0.15) is 0 Å². The van der Waals surface area contributed by atoms with Crippen LogP contribution in [0.4, 0.5) is 0 Å². The maximum absolute atomic E-state index is 12.6. The number of pyridine rings is 1. The number of rotatable bonds is 2. The Kier molecular flexibility index (Phi) is 3.57. The Morgan fingerprint density at radius 1 is 1.06 bits per heavy atom. The molecule has 0 aliphatic carbocycles. The number of carbonyl (C=O) groups is 1. The Morgan fingerprint density at radius 3 is 1.89 bits per heavy atom. The standard InChI is InChI=1S/C15H23NO2/c1-10(17)15(5,6)12-9-16(7)8-11(13(12)18)14(2,3)4/h8-9H,1-7H3. The van der Waals surface area contributed by atoms with Crippen molar-refractivity contribution < 1.29 is 4.79 Å². The lowest BCUT2D eigenvalue weighted by atomic mass is 9.78. The average Bonchev–Trinajstić information content (AvgIpc) is 2.18. The number of carbonyl (C=O) groups excluding carboxylic acids is 1. The second kappa shape index (κ2) is 4.38. The molecule has 0 radical (unpaired) electrons. The molecule has 1 heterocycles. The highest BCUT2D eigenvalue weighted by molar-refractivity contribution is 5.87. The number of aromatic nitrogens is 1. The molecule has 0 saturated heterocycles. The van der Waals surface area contributed by atoms with E-state index in [9.17, 15) is 9.59 Å². The minimum atomic E-state index is -0.740. The molecule has 1 aromatic heterocycles. The van der Waals surface area contributed by atoms with Crippen molar-refractivity contribution in [3.8, 4) is 0 Å². The molecule has 0 spiro atoms. The van der Waals surface area contributed by atoms with Crippen LogP contribution in [-0.4, -0.2) is 10.4 Å². The van der Waals surface area contributed by atoms with Gasteiger partial charge in [-0.15, -0.1) is 0 Å². The van der Waals surface area contributed by atoms with Crippen molar-refractivity contribution in [3.63, 3.8) is 0 Å². The van der Waals surface area contributed by atoms with Crippen LogP contribution < -0.4 is 5.43 Å². The average molecular weight is 249 g/mol. The summed E-state index contributed by atoms with van der Waals surface area (Å²) >= 11 is 0. The van der Waals surface area contributed by atoms with E-state index >= 15 is 0 Å². The lowest BCUT2D eigenvalue weighted by Crippen LogP contribution is -2.37. The Balaban J connectivity index is 3.64. The molecule has 0 bridgehead atoms. The summed E-state index contributed by atoms with van der Waals surface area (Å²) in [5.41, 5.74) is 0.343. The monoisotopic (exact) mass is 249 g/mol. The van der Waals surface area contributed by atoms with Crippen LogP contribution in [0.5, 0.6) is 0 Å². The third kappa shape index (κ3) is 2.55. The molecule has 1 aromatic rings. The summed E-state index contributed by atoms with van der Waals surface area (Å²) in [5, 5.41) is 0. The van der Waals surface area contributed by atoms with Gasteiger partial charge >= 0.3 is 0 Å². The topological polar surface area (TPSA) is 39.1 Å². The first-order valence-electron chi connectivity index (χ1n) is 6.20. The lowest BCUT2D eigenvalue weighted by molar-refractivity contribution is -0.121. The minimum absolute atomic E-state index is 0.00524. The Labute approximate surface area is 109 Å². The summed E-state index contributed by atoms with van der Waals surface area (Å²) in [5.74, 6) is 0.00524. The van der Waals surface area contributed by atoms with E-state index in [1.54, 1.807) is 20.0 Å². The normalized spacial score (nSPS) is 12.6. The first kappa shape index (κ1) is 14.7. The fourth-order valence-corrected chi connectivity index (χ4v) is 1.88. The van der Waals surface area contributed by atoms with Crippen LogP contribution in [0.3, 0.4) is 0 Å². The van der Waals surface area contributed by atoms with Gasteiger partial charge in [0.2, 0.25) is 0 Å². The molecule has 0 N–H and O–H groups in total. The molecule has 0 fully saturated rings. The molecule has 0 unspecified atom stereocenters. The van der Waals surface area contributed by atoms with Gasteiger partial charge < -0.3 is 4.57 Å². The van der Waals surface area contributed by atoms with Crippen molar-refractivity contribution in [3.05, 3.63) is 33.7 Å². The number of aryl methyl sites for hydroxylation is 1. The highest BCUT2D eigenvalue weighted by atomic mass is 16.1. The van der Waals surface area contributed by atoms with E-state index in [4.69, 9.17) is 0 Å². The van der Waals surface area contributed by atoms with Gasteiger partial charge in [-0.1, -0.05) is 20.8 Å². The summed E-state index contributed by atoms with van der Waals surface area (Å²) in [4.78, 5) is 24.3. The van der Waals surface area contributed by atoms with E-state index in [2.05, 4.69) is 0 Å². The van der Waals surface area contributed by atoms with Gasteiger partial charge in [0.05, 0.1) is 5.41 Å². The molecule has 3 heteroatoms. The largest absolute Gasteiger partial charge is 0.356 e. The number of ketones is 1. The van der Waals surface area contributed by atoms with Crippen LogP contribution >= 0.6 is 0 Å². The fraction of sp³-hybridized carbons (Fsp3) is 0.600. The van der Waals surface area contributed by atoms with Crippen LogP contribution in [0.1, 0.15) is 52.7 Å². The first-order valence-corrected chi connectivity index (χ1v) is 6.20. The number of hydrogen-bond acceptors (Lipinski definition) is 2. The van der Waals surface area contributed by atoms with Crippen LogP contribution in [0.25, 0.3) is 0 Å². The van der Waals surface area contributed by atoms with Crippen LogP contribution in [0.2, 0.25) is 0 Å². The summed E-state index contributed by atoms with van der Waals surface area (Å²) in [6, 6.07) is 0. The molecular weight excluding hydrogens is 226 g/mol. The van der Waals surface area contributed by atoms with E-state index in [-0.39, 0.29) is 16.6 Å². The molecule has 0 saturated carbocycles. The van der Waals surface area contributed by atoms with Crippen LogP contribution in [0, 0.1) is 0 Å². The Morgan fingerprint density at radius 2 is 1.50 bits per heavy atom. The first-order chi connectivity index (χ1) is 7.98. The summed E-state index contributed by atoms with van der Waals surface area (Å²) < 4.78 is 1.86. The second-order valence-corrected chi connectivity index (χ2v) is 6.51. The second-order valence-electron chi connectivity index (χ2n) is 6.51. The van der Waals surface area contributed by atoms with Crippen molar-refractivity contribution in [1.29, 1.82) is 0 Å². The number of Topliss-reactive ketones (excluding diaryl/α,β-unsaturated/α-hetero) is 1. The molecule has 1 rings (SSSR count). The predicted octanol–water partition coefficient (Wildman–Crippen LogP) is 2.55. The molecule has 0 aliphatic heterocycles. The molecule has 3 nitrogen and oxygen atoms in total. The van der Waals surface area contributed by atoms with E-state index < -0.39 is 5.41 Å². The van der Waals surface area contributed by atoms with Crippen LogP contribution in [-0.2, 0) is 22.7 Å². The van der Waals surface area contributed by atoms with Gasteiger partial charge in [0, 0.05) is 30.6 Å². The molecule has 0 amide bonds. The lowest BCUT2D eigenvalue weighted by Gasteiger charge is -2.26. The van der Waals surface area contributed by atoms with Crippen molar-refractivity contribution in [2.24, 2.45) is 7.05 Å². The van der Waals surface area contributed by atoms with E-state index in [1.807, 2.05) is 38.6 Å². The van der Waals surface area contributed by atoms with Gasteiger partial charge in [0.25, 0.3) is 0 Å². The van der Waals surface area contributed by atoms with Gasteiger partial charge in [0.1, 0.15) is 5.78 Å². The van der Waals surface area contributed by atoms with Crippen molar-refractivity contribution in [1.82, 2.24) is 4.57 Å². The highest BCUT2D eigenvalue weighted by Gasteiger charge is 2.31. The summed E-state index contributed by atoms with van der Waals surface area (Å²) in [6.07, 6.45) is 3.61. The molecule has 0 aliphatic rings. The number of hydrogen-bond donors (Lipinski definition) is 0. The molecular formula is C15H23NO2. The molecule has 0 atom stereocenters. The van der Waals surface area contributed by atoms with Crippen molar-refractivity contribution in [2.45, 2.75) is 52.4 Å². The van der Waals surface area contributed by atoms with E-state index in [0.717, 1.165) is 5.56 Å². The van der Waals surface area contributed by atoms with Gasteiger partial charge in [-0.05, 0) is 26.2 Å². The minimum Gasteiger partial charge on any atom is -0.356 e. The van der Waals surface area contributed by atoms with Crippen molar-refractivity contribution >= 4 is 5.78 Å². The zero-order valence-electron chi connectivity index (χ0n) is 12.4. The molecule has 0 aromatic carbocycles. The van der Waals surface area contributed by atoms with Gasteiger partial charge in [-0.3, -0.25) is 9.59 Å². The zero-order chi connectivity index (χ0) is 14.3. The number of nitrogens with zero attached hydrogens (tertiary/aromatic N) is 1. The van der Waals surface area contributed by atoms with Gasteiger partial charge in [0.15, 0.2) is 5.43 Å². The fourth-order valence-electron chi connectivity index (χ4n) is 1.88. The summed E-state index contributed by atoms with van der Waals surface area (Å²) in [7, 11) is 1.88. The van der Waals surface area contributed by atoms with Gasteiger partial charge in [-0.25, -0.2) is 0 Å². The third-order valence-electron chi connectivity index (χ3n) is 3.52. The van der Waals surface area contributed by atoms with E-state index in [0.29, 0.717) is 5.56 Å². The quantitative estimate of drug-likeness (QED) is 0.808. The highest BCUT2D eigenvalue weighted by Crippen LogP contribution is 2.25. The summed E-state index contributed by atoms with van der Waals surface area (Å²) in [6.45, 7) is 11.2. The maximum Gasteiger partial charge on any atom is 0.189 e. The van der Waals surface area contributed by atoms with Crippen molar-refractivity contribution in [2.75, 3.05) is 0 Å². The maximum atomic E-state index is 12.6. The zero-order valence-corrected chi connectivity index (χ0v) is 12.4. The Hall–Kier alpha value is -1.38. The Bertz CT molecular complexity index is 530. The molecule has 100 valence electrons. The third-order valence-corrected chi connectivity index (χ3v) is 3.52. The predicted molar refractivity (Wildman–Crippen MR) is 74.1 cm³/mol. The van der Waals surface area contributed by atoms with Crippen LogP contribution in [0.15, 0.2) is 17.2 Å². The van der Waals surface area contributed by atoms with E-state index in [1.165, 1.54) is 6.92 Å². The SMILES string of the molecule is CC(=O)C(C)(C)c1cn(C)cc(C(C)(C)C)c1=O. The molecule has 18 heavy (non-hydrogen) atoms.